The molecular formula is C6H5NNaO3+. The van der Waals surface area contributed by atoms with E-state index in [-0.39, 0.29) is 40.7 Å². The van der Waals surface area contributed by atoms with Gasteiger partial charge in [0.25, 0.3) is 0 Å². The van der Waals surface area contributed by atoms with Gasteiger partial charge in [-0.15, -0.1) is 0 Å². The van der Waals surface area contributed by atoms with Crippen molar-refractivity contribution < 1.29 is 39.5 Å². The second-order valence-corrected chi connectivity index (χ2v) is 1.75. The van der Waals surface area contributed by atoms with Crippen LogP contribution in [0, 0.1) is 0 Å². The normalized spacial score (nSPS) is 8.36. The predicted octanol–water partition coefficient (Wildman–Crippen LogP) is -2.92. The van der Waals surface area contributed by atoms with Gasteiger partial charge < -0.3 is 10.1 Å². The molecule has 2 N–H and O–H groups in total. The second kappa shape index (κ2) is 4.33. The third-order valence-electron chi connectivity index (χ3n) is 1.03. The summed E-state index contributed by atoms with van der Waals surface area (Å²) in [5.41, 5.74) is -0.218. The fourth-order valence-corrected chi connectivity index (χ4v) is 0.544. The van der Waals surface area contributed by atoms with Crippen LogP contribution in [-0.2, 0) is 0 Å². The van der Waals surface area contributed by atoms with Crippen LogP contribution in [0.2, 0.25) is 0 Å². The molecule has 0 saturated carbocycles. The van der Waals surface area contributed by atoms with Gasteiger partial charge >= 0.3 is 35.5 Å². The number of aromatic carboxylic acids is 1. The Labute approximate surface area is 84.5 Å². The molecule has 11 heavy (non-hydrogen) atoms. The maximum absolute atomic E-state index is 10.4. The summed E-state index contributed by atoms with van der Waals surface area (Å²) >= 11 is 0. The van der Waals surface area contributed by atoms with Gasteiger partial charge in [-0.1, -0.05) is 0 Å². The van der Waals surface area contributed by atoms with Crippen molar-refractivity contribution in [2.75, 3.05) is 0 Å². The van der Waals surface area contributed by atoms with E-state index in [2.05, 4.69) is 4.98 Å². The van der Waals surface area contributed by atoms with E-state index in [1.165, 1.54) is 12.1 Å². The maximum atomic E-state index is 10.4. The first-order chi connectivity index (χ1) is 4.70. The zero-order chi connectivity index (χ0) is 7.56. The average Bonchev–Trinajstić information content (AvgIpc) is 1.88. The topological polar surface area (TPSA) is 70.2 Å². The van der Waals surface area contributed by atoms with Gasteiger partial charge in [-0.2, -0.15) is 0 Å². The molecule has 0 aliphatic carbocycles. The first-order valence-electron chi connectivity index (χ1n) is 2.62. The van der Waals surface area contributed by atoms with E-state index in [0.29, 0.717) is 0 Å². The molecule has 1 aromatic heterocycles. The SMILES string of the molecule is O=C(O)c1ccc(=O)[nH]c1.[Na+]. The number of H-pyrrole nitrogens is 1. The number of aromatic amines is 1. The molecule has 1 rings (SSSR count). The molecule has 0 radical (unpaired) electrons. The quantitative estimate of drug-likeness (QED) is 0.434. The van der Waals surface area contributed by atoms with E-state index in [4.69, 9.17) is 5.11 Å². The molecule has 1 heterocycles. The molecule has 0 aliphatic rings. The molecule has 0 unspecified atom stereocenters. The molecule has 0 aliphatic heterocycles. The van der Waals surface area contributed by atoms with Gasteiger partial charge in [0, 0.05) is 12.3 Å². The maximum Gasteiger partial charge on any atom is 1.00 e. The Hall–Kier alpha value is -0.580. The number of carbonyl (C=O) groups is 1. The summed E-state index contributed by atoms with van der Waals surface area (Å²) in [6, 6.07) is 2.42. The molecule has 4 nitrogen and oxygen atoms in total. The van der Waals surface area contributed by atoms with Gasteiger partial charge in [-0.3, -0.25) is 4.79 Å². The summed E-state index contributed by atoms with van der Waals surface area (Å²) in [5.74, 6) is -1.05. The van der Waals surface area contributed by atoms with Gasteiger partial charge in [0.15, 0.2) is 0 Å². The fraction of sp³-hybridized carbons (Fsp3) is 0. The van der Waals surface area contributed by atoms with Gasteiger partial charge in [0.1, 0.15) is 0 Å². The van der Waals surface area contributed by atoms with E-state index in [1.54, 1.807) is 0 Å². The molecule has 0 aromatic carbocycles. The summed E-state index contributed by atoms with van der Waals surface area (Å²) < 4.78 is 0. The molecule has 0 saturated heterocycles. The van der Waals surface area contributed by atoms with Gasteiger partial charge in [0.05, 0.1) is 5.56 Å². The van der Waals surface area contributed by atoms with Crippen molar-refractivity contribution in [2.24, 2.45) is 0 Å². The van der Waals surface area contributed by atoms with Crippen molar-refractivity contribution in [3.05, 3.63) is 34.2 Å². The molecule has 0 amide bonds. The molecule has 0 fully saturated rings. The van der Waals surface area contributed by atoms with Crippen LogP contribution < -0.4 is 35.1 Å². The van der Waals surface area contributed by atoms with Crippen molar-refractivity contribution in [2.45, 2.75) is 0 Å². The van der Waals surface area contributed by atoms with Gasteiger partial charge in [-0.25, -0.2) is 4.79 Å². The number of aromatic nitrogens is 1. The first kappa shape index (κ1) is 10.4. The fourth-order valence-electron chi connectivity index (χ4n) is 0.544. The number of rotatable bonds is 1. The van der Waals surface area contributed by atoms with Gasteiger partial charge in [-0.05, 0) is 6.07 Å². The summed E-state index contributed by atoms with van der Waals surface area (Å²) in [4.78, 5) is 22.8. The number of nitrogens with one attached hydrogen (secondary N) is 1. The van der Waals surface area contributed by atoms with Crippen LogP contribution in [0.5, 0.6) is 0 Å². The Balaban J connectivity index is 0.000001000. The number of hydrogen-bond acceptors (Lipinski definition) is 2. The third kappa shape index (κ3) is 2.88. The van der Waals surface area contributed by atoms with E-state index in [9.17, 15) is 9.59 Å². The van der Waals surface area contributed by atoms with Crippen LogP contribution in [0.1, 0.15) is 10.4 Å². The van der Waals surface area contributed by atoms with Crippen LogP contribution in [0.15, 0.2) is 23.1 Å². The summed E-state index contributed by atoms with van der Waals surface area (Å²) in [5, 5.41) is 8.35. The van der Waals surface area contributed by atoms with Crippen molar-refractivity contribution in [1.82, 2.24) is 4.98 Å². The van der Waals surface area contributed by atoms with Crippen LogP contribution in [0.4, 0.5) is 0 Å². The minimum Gasteiger partial charge on any atom is -0.478 e. The van der Waals surface area contributed by atoms with Crippen molar-refractivity contribution in [3.63, 3.8) is 0 Å². The Morgan fingerprint density at radius 1 is 1.45 bits per heavy atom. The molecule has 1 aromatic rings. The summed E-state index contributed by atoms with van der Waals surface area (Å²) in [6.45, 7) is 0. The Bertz CT molecular complexity index is 286. The number of hydrogen-bond donors (Lipinski definition) is 2. The number of carboxylic acid groups (broad SMARTS) is 1. The first-order valence-corrected chi connectivity index (χ1v) is 2.62. The van der Waals surface area contributed by atoms with Gasteiger partial charge in [0.2, 0.25) is 5.56 Å². The van der Waals surface area contributed by atoms with Crippen molar-refractivity contribution in [1.29, 1.82) is 0 Å². The summed E-state index contributed by atoms with van der Waals surface area (Å²) in [7, 11) is 0. The summed E-state index contributed by atoms with van der Waals surface area (Å²) in [6.07, 6.45) is 1.16. The smallest absolute Gasteiger partial charge is 0.478 e. The molecular weight excluding hydrogens is 157 g/mol. The zero-order valence-electron chi connectivity index (χ0n) is 6.00. The second-order valence-electron chi connectivity index (χ2n) is 1.75. The monoisotopic (exact) mass is 162 g/mol. The van der Waals surface area contributed by atoms with Crippen molar-refractivity contribution in [3.8, 4) is 0 Å². The zero-order valence-corrected chi connectivity index (χ0v) is 8.00. The number of carboxylic acids is 1. The third-order valence-corrected chi connectivity index (χ3v) is 1.03. The number of pyridine rings is 1. The van der Waals surface area contributed by atoms with Crippen LogP contribution in [-0.4, -0.2) is 16.1 Å². The standard InChI is InChI=1S/C6H5NO3.Na/c8-5-2-1-4(3-7-5)6(9)10;/h1-3H,(H,7,8)(H,9,10);/q;+1. The van der Waals surface area contributed by atoms with E-state index >= 15 is 0 Å². The predicted molar refractivity (Wildman–Crippen MR) is 34.0 cm³/mol. The molecule has 0 spiro atoms. The minimum atomic E-state index is -1.05. The van der Waals surface area contributed by atoms with Crippen molar-refractivity contribution >= 4 is 5.97 Å². The van der Waals surface area contributed by atoms with Crippen LogP contribution in [0.25, 0.3) is 0 Å². The molecule has 0 bridgehead atoms. The largest absolute Gasteiger partial charge is 1.00 e. The van der Waals surface area contributed by atoms with E-state index in [1.807, 2.05) is 0 Å². The Kier molecular flexibility index (Phi) is 4.10. The molecule has 5 heteroatoms. The van der Waals surface area contributed by atoms with E-state index in [0.717, 1.165) is 6.20 Å². The Morgan fingerprint density at radius 2 is 2.09 bits per heavy atom. The van der Waals surface area contributed by atoms with E-state index < -0.39 is 5.97 Å². The molecule has 52 valence electrons. The van der Waals surface area contributed by atoms with Crippen LogP contribution >= 0.6 is 0 Å². The van der Waals surface area contributed by atoms with Crippen LogP contribution in [0.3, 0.4) is 0 Å². The molecule has 0 atom stereocenters. The Morgan fingerprint density at radius 3 is 2.45 bits per heavy atom. The minimum absolute atomic E-state index is 0. The average molecular weight is 162 g/mol.